The minimum atomic E-state index is -4.34. The largest absolute Gasteiger partial charge is 0.379 e. The molecule has 2 heterocycles. The number of hydrogen-bond donors (Lipinski definition) is 5. The van der Waals surface area contributed by atoms with Gasteiger partial charge in [0.25, 0.3) is 10.1 Å². The molecule has 45 heavy (non-hydrogen) atoms. The van der Waals surface area contributed by atoms with Crippen molar-refractivity contribution in [3.05, 3.63) is 89.7 Å². The molecule has 0 bridgehead atoms. The highest BCUT2D eigenvalue weighted by Gasteiger charge is 2.44. The molecule has 0 saturated carbocycles. The van der Waals surface area contributed by atoms with Gasteiger partial charge in [-0.1, -0.05) is 73.8 Å². The van der Waals surface area contributed by atoms with Gasteiger partial charge in [-0.3, -0.25) is 15.4 Å². The Balaban J connectivity index is 1.63. The van der Waals surface area contributed by atoms with Gasteiger partial charge in [-0.25, -0.2) is 0 Å². The number of allylic oxidation sites excluding steroid dienone is 6. The maximum atomic E-state index is 11.9. The van der Waals surface area contributed by atoms with E-state index in [-0.39, 0.29) is 20.6 Å². The number of nitrogens with one attached hydrogen (secondary N) is 2. The SMILES string of the molecule is CC1(C)C(/C=C/C=C/C=C2/N(CCCSC(=N)N)c3ccc(S(=O)(=O)O)cc3C2(C)C)=[N+](CCCSC(=N)N)c2ccccc21. The van der Waals surface area contributed by atoms with Crippen molar-refractivity contribution in [2.24, 2.45) is 11.5 Å². The van der Waals surface area contributed by atoms with Gasteiger partial charge >= 0.3 is 0 Å². The van der Waals surface area contributed by atoms with Crippen molar-refractivity contribution >= 4 is 61.1 Å². The average molecular weight is 668 g/mol. The lowest BCUT2D eigenvalue weighted by Gasteiger charge is -2.27. The highest BCUT2D eigenvalue weighted by Crippen LogP contribution is 2.48. The molecule has 7 N–H and O–H groups in total. The molecule has 2 aliphatic heterocycles. The molecule has 0 fully saturated rings. The second kappa shape index (κ2) is 14.0. The van der Waals surface area contributed by atoms with Crippen LogP contribution in [0.2, 0.25) is 0 Å². The van der Waals surface area contributed by atoms with E-state index >= 15 is 0 Å². The summed E-state index contributed by atoms with van der Waals surface area (Å²) in [6.45, 7) is 10.1. The Labute approximate surface area is 275 Å². The molecule has 240 valence electrons. The zero-order chi connectivity index (χ0) is 33.0. The summed E-state index contributed by atoms with van der Waals surface area (Å²) in [7, 11) is -4.34. The van der Waals surface area contributed by atoms with Gasteiger partial charge in [0.15, 0.2) is 16.0 Å². The van der Waals surface area contributed by atoms with Crippen LogP contribution in [-0.2, 0) is 20.9 Å². The van der Waals surface area contributed by atoms with Crippen LogP contribution >= 0.6 is 23.5 Å². The highest BCUT2D eigenvalue weighted by atomic mass is 32.2. The normalized spacial score (nSPS) is 17.9. The molecule has 0 saturated heterocycles. The first-order valence-corrected chi connectivity index (χ1v) is 18.2. The first-order chi connectivity index (χ1) is 21.2. The fourth-order valence-electron chi connectivity index (χ4n) is 6.10. The van der Waals surface area contributed by atoms with E-state index in [1.807, 2.05) is 12.2 Å². The summed E-state index contributed by atoms with van der Waals surface area (Å²) in [5.74, 6) is 1.48. The van der Waals surface area contributed by atoms with E-state index < -0.39 is 15.5 Å². The molecule has 2 aromatic rings. The van der Waals surface area contributed by atoms with Gasteiger partial charge < -0.3 is 16.4 Å². The van der Waals surface area contributed by atoms with Gasteiger partial charge in [0.2, 0.25) is 5.69 Å². The van der Waals surface area contributed by atoms with E-state index in [0.29, 0.717) is 12.3 Å². The Morgan fingerprint density at radius 3 is 2.27 bits per heavy atom. The number of anilines is 1. The van der Waals surface area contributed by atoms with Crippen LogP contribution in [0.1, 0.15) is 51.7 Å². The molecule has 2 aromatic carbocycles. The van der Waals surface area contributed by atoms with Crippen LogP contribution in [0.15, 0.2) is 83.4 Å². The third-order valence-electron chi connectivity index (χ3n) is 8.26. The lowest BCUT2D eigenvalue weighted by Crippen LogP contribution is -2.28. The quantitative estimate of drug-likeness (QED) is 0.0451. The van der Waals surface area contributed by atoms with Gasteiger partial charge in [-0.2, -0.15) is 13.0 Å². The molecule has 0 atom stereocenters. The maximum absolute atomic E-state index is 11.9. The molecule has 0 amide bonds. The molecule has 0 spiro atoms. The minimum Gasteiger partial charge on any atom is -0.379 e. The standard InChI is InChI=1S/C33H42N6O3S3/c1-32(2)24-12-8-9-13-26(24)38(18-10-20-43-30(34)35)28(32)14-6-5-7-15-29-33(3,4)25-22-23(45(40,41)42)16-17-27(25)39(29)19-11-21-44-31(36)37/h5-9,12-17,22H,10-11,18-21H2,1-4H3,(H6-,34,35,36,37,40,41,42)/p+1. The number of benzene rings is 2. The Morgan fingerprint density at radius 2 is 1.60 bits per heavy atom. The predicted octanol–water partition coefficient (Wildman–Crippen LogP) is 6.14. The molecule has 9 nitrogen and oxygen atoms in total. The smallest absolute Gasteiger partial charge is 0.294 e. The van der Waals surface area contributed by atoms with Crippen LogP contribution in [0.25, 0.3) is 0 Å². The fraction of sp³-hybridized carbons (Fsp3) is 0.364. The zero-order valence-electron chi connectivity index (χ0n) is 26.2. The van der Waals surface area contributed by atoms with Crippen LogP contribution in [0.4, 0.5) is 11.4 Å². The number of nitrogens with two attached hydrogens (primary N) is 2. The molecule has 0 unspecified atom stereocenters. The monoisotopic (exact) mass is 667 g/mol. The van der Waals surface area contributed by atoms with Gasteiger partial charge in [0.05, 0.1) is 10.3 Å². The summed E-state index contributed by atoms with van der Waals surface area (Å²) in [4.78, 5) is 2.06. The summed E-state index contributed by atoms with van der Waals surface area (Å²) in [6, 6.07) is 13.2. The van der Waals surface area contributed by atoms with E-state index in [9.17, 15) is 13.0 Å². The summed E-state index contributed by atoms with van der Waals surface area (Å²) < 4.78 is 35.9. The minimum absolute atomic E-state index is 0.0837. The van der Waals surface area contributed by atoms with Crippen molar-refractivity contribution in [2.45, 2.75) is 56.3 Å². The molecule has 0 aromatic heterocycles. The van der Waals surface area contributed by atoms with Crippen LogP contribution in [0.5, 0.6) is 0 Å². The number of para-hydroxylation sites is 1. The van der Waals surface area contributed by atoms with Crippen LogP contribution in [-0.4, -0.2) is 58.2 Å². The number of nitrogens with zero attached hydrogens (tertiary/aromatic N) is 2. The summed E-state index contributed by atoms with van der Waals surface area (Å²) in [6.07, 6.45) is 12.0. The van der Waals surface area contributed by atoms with Crippen LogP contribution in [0, 0.1) is 10.8 Å². The molecule has 2 aliphatic rings. The Hall–Kier alpha value is -3.32. The van der Waals surface area contributed by atoms with E-state index in [1.165, 1.54) is 46.6 Å². The third-order valence-corrected chi connectivity index (χ3v) is 10.7. The lowest BCUT2D eigenvalue weighted by molar-refractivity contribution is -0.437. The molecule has 0 aliphatic carbocycles. The van der Waals surface area contributed by atoms with Crippen molar-refractivity contribution in [3.63, 3.8) is 0 Å². The number of hydrogen-bond acceptors (Lipinski definition) is 7. The van der Waals surface area contributed by atoms with Crippen LogP contribution in [0.3, 0.4) is 0 Å². The Morgan fingerprint density at radius 1 is 0.933 bits per heavy atom. The number of fused-ring (bicyclic) bond motifs is 2. The van der Waals surface area contributed by atoms with Crippen molar-refractivity contribution in [2.75, 3.05) is 29.5 Å². The summed E-state index contributed by atoms with van der Waals surface area (Å²) in [5.41, 5.74) is 16.8. The Kier molecular flexibility index (Phi) is 10.7. The highest BCUT2D eigenvalue weighted by molar-refractivity contribution is 8.13. The van der Waals surface area contributed by atoms with E-state index in [2.05, 4.69) is 79.7 Å². The van der Waals surface area contributed by atoms with E-state index in [1.54, 1.807) is 12.1 Å². The Bertz CT molecular complexity index is 1710. The second-order valence-electron chi connectivity index (χ2n) is 12.0. The predicted molar refractivity (Wildman–Crippen MR) is 190 cm³/mol. The first kappa shape index (κ1) is 34.6. The summed E-state index contributed by atoms with van der Waals surface area (Å²) in [5, 5.41) is 15.2. The number of thioether (sulfide) groups is 2. The first-order valence-electron chi connectivity index (χ1n) is 14.8. The van der Waals surface area contributed by atoms with Gasteiger partial charge in [0, 0.05) is 59.0 Å². The number of amidine groups is 2. The molecular weight excluding hydrogens is 625 g/mol. The third kappa shape index (κ3) is 7.74. The maximum Gasteiger partial charge on any atom is 0.294 e. The van der Waals surface area contributed by atoms with Crippen molar-refractivity contribution < 1.29 is 17.5 Å². The second-order valence-corrected chi connectivity index (χ2v) is 15.7. The molecule has 4 rings (SSSR count). The van der Waals surface area contributed by atoms with Gasteiger partial charge in [0.1, 0.15) is 6.54 Å². The number of rotatable bonds is 12. The molecular formula is C33H43N6O3S3+. The van der Waals surface area contributed by atoms with E-state index in [4.69, 9.17) is 22.3 Å². The van der Waals surface area contributed by atoms with Crippen molar-refractivity contribution in [3.8, 4) is 0 Å². The fourth-order valence-corrected chi connectivity index (χ4v) is 7.60. The molecule has 0 radical (unpaired) electrons. The van der Waals surface area contributed by atoms with Gasteiger partial charge in [-0.15, -0.1) is 0 Å². The lowest BCUT2D eigenvalue weighted by atomic mass is 9.81. The van der Waals surface area contributed by atoms with E-state index in [0.717, 1.165) is 42.1 Å². The average Bonchev–Trinajstić information content (AvgIpc) is 3.31. The van der Waals surface area contributed by atoms with Gasteiger partial charge in [-0.05, 0) is 50.1 Å². The van der Waals surface area contributed by atoms with Crippen LogP contribution < -0.4 is 16.4 Å². The summed E-state index contributed by atoms with van der Waals surface area (Å²) >= 11 is 2.66. The van der Waals surface area contributed by atoms with Crippen molar-refractivity contribution in [1.82, 2.24) is 0 Å². The van der Waals surface area contributed by atoms with Crippen molar-refractivity contribution in [1.29, 1.82) is 10.8 Å². The zero-order valence-corrected chi connectivity index (χ0v) is 28.7. The molecule has 12 heteroatoms. The topological polar surface area (TPSA) is 160 Å².